The van der Waals surface area contributed by atoms with Crippen LogP contribution in [0.1, 0.15) is 26.7 Å². The lowest BCUT2D eigenvalue weighted by atomic mass is 10.3. The summed E-state index contributed by atoms with van der Waals surface area (Å²) < 4.78 is 0. The largest absolute Gasteiger partial charge is 0.479 e. The first kappa shape index (κ1) is 13.7. The first-order valence-electron chi connectivity index (χ1n) is 5.00. The van der Waals surface area contributed by atoms with E-state index in [4.69, 9.17) is 5.11 Å². The molecule has 0 aliphatic carbocycles. The molecular formula is C9H18N2O4. The maximum Gasteiger partial charge on any atom is 0.341 e. The Kier molecular flexibility index (Phi) is 7.35. The molecule has 0 bridgehead atoms. The average molecular weight is 218 g/mol. The van der Waals surface area contributed by atoms with Crippen LogP contribution in [0.3, 0.4) is 0 Å². The van der Waals surface area contributed by atoms with Crippen molar-refractivity contribution in [1.29, 1.82) is 0 Å². The number of nitrogens with zero attached hydrogens (tertiary/aromatic N) is 1. The minimum atomic E-state index is -1.12. The van der Waals surface area contributed by atoms with E-state index >= 15 is 0 Å². The molecule has 6 heteroatoms. The van der Waals surface area contributed by atoms with Crippen molar-refractivity contribution in [2.45, 2.75) is 26.7 Å². The number of aliphatic carboxylic acids is 1. The Morgan fingerprint density at radius 3 is 2.53 bits per heavy atom. The van der Waals surface area contributed by atoms with Crippen molar-refractivity contribution in [1.82, 2.24) is 10.4 Å². The molecule has 6 nitrogen and oxygen atoms in total. The highest BCUT2D eigenvalue weighted by atomic mass is 16.7. The van der Waals surface area contributed by atoms with Gasteiger partial charge < -0.3 is 10.0 Å². The highest BCUT2D eigenvalue weighted by molar-refractivity contribution is 5.73. The molecule has 0 radical (unpaired) electrons. The SMILES string of the molecule is CCCCN(CC)C(=O)NOCC(=O)O. The normalized spacial score (nSPS) is 9.73. The Morgan fingerprint density at radius 2 is 2.07 bits per heavy atom. The van der Waals surface area contributed by atoms with E-state index in [2.05, 4.69) is 10.3 Å². The van der Waals surface area contributed by atoms with Gasteiger partial charge in [-0.1, -0.05) is 13.3 Å². The van der Waals surface area contributed by atoms with Crippen LogP contribution in [0, 0.1) is 0 Å². The molecule has 0 spiro atoms. The molecule has 0 saturated carbocycles. The van der Waals surface area contributed by atoms with Crippen LogP contribution < -0.4 is 5.48 Å². The van der Waals surface area contributed by atoms with Crippen LogP contribution in [0.4, 0.5) is 4.79 Å². The second-order valence-corrected chi connectivity index (χ2v) is 3.02. The molecule has 0 atom stereocenters. The highest BCUT2D eigenvalue weighted by Gasteiger charge is 2.10. The van der Waals surface area contributed by atoms with Gasteiger partial charge in [0.25, 0.3) is 0 Å². The number of amides is 2. The number of hydroxylamine groups is 1. The van der Waals surface area contributed by atoms with Gasteiger partial charge in [0.2, 0.25) is 0 Å². The fourth-order valence-electron chi connectivity index (χ4n) is 0.976. The van der Waals surface area contributed by atoms with Crippen LogP contribution in [0.2, 0.25) is 0 Å². The van der Waals surface area contributed by atoms with Gasteiger partial charge in [-0.2, -0.15) is 0 Å². The lowest BCUT2D eigenvalue weighted by Gasteiger charge is -2.20. The number of carboxylic acids is 1. The lowest BCUT2D eigenvalue weighted by molar-refractivity contribution is -0.144. The number of carboxylic acid groups (broad SMARTS) is 1. The Hall–Kier alpha value is -1.30. The minimum absolute atomic E-state index is 0.396. The number of rotatable bonds is 7. The third-order valence-corrected chi connectivity index (χ3v) is 1.81. The molecule has 88 valence electrons. The number of nitrogens with one attached hydrogen (secondary N) is 1. The second-order valence-electron chi connectivity index (χ2n) is 3.02. The molecule has 0 aromatic heterocycles. The zero-order chi connectivity index (χ0) is 11.7. The van der Waals surface area contributed by atoms with Crippen molar-refractivity contribution in [2.75, 3.05) is 19.7 Å². The molecular weight excluding hydrogens is 200 g/mol. The lowest BCUT2D eigenvalue weighted by Crippen LogP contribution is -2.41. The Morgan fingerprint density at radius 1 is 1.40 bits per heavy atom. The van der Waals surface area contributed by atoms with Crippen molar-refractivity contribution in [3.63, 3.8) is 0 Å². The van der Waals surface area contributed by atoms with E-state index in [1.165, 1.54) is 0 Å². The molecule has 0 unspecified atom stereocenters. The highest BCUT2D eigenvalue weighted by Crippen LogP contribution is 1.95. The van der Waals surface area contributed by atoms with Crippen molar-refractivity contribution in [2.24, 2.45) is 0 Å². The third-order valence-electron chi connectivity index (χ3n) is 1.81. The van der Waals surface area contributed by atoms with Crippen LogP contribution in [-0.4, -0.2) is 41.7 Å². The Bertz CT molecular complexity index is 208. The number of carbonyl (C=O) groups excluding carboxylic acids is 1. The fraction of sp³-hybridized carbons (Fsp3) is 0.778. The number of unbranched alkanes of at least 4 members (excludes halogenated alkanes) is 1. The van der Waals surface area contributed by atoms with E-state index in [0.717, 1.165) is 12.8 Å². The summed E-state index contributed by atoms with van der Waals surface area (Å²) in [6.45, 7) is 4.58. The fourth-order valence-corrected chi connectivity index (χ4v) is 0.976. The summed E-state index contributed by atoms with van der Waals surface area (Å²) in [6, 6.07) is -0.396. The van der Waals surface area contributed by atoms with E-state index in [0.29, 0.717) is 13.1 Å². The number of urea groups is 1. The summed E-state index contributed by atoms with van der Waals surface area (Å²) in [6.07, 6.45) is 1.92. The zero-order valence-electron chi connectivity index (χ0n) is 9.15. The first-order valence-corrected chi connectivity index (χ1v) is 5.00. The maximum atomic E-state index is 11.4. The first-order chi connectivity index (χ1) is 7.11. The van der Waals surface area contributed by atoms with Crippen molar-refractivity contribution < 1.29 is 19.5 Å². The van der Waals surface area contributed by atoms with E-state index in [1.54, 1.807) is 4.90 Å². The van der Waals surface area contributed by atoms with Gasteiger partial charge in [0.05, 0.1) is 0 Å². The van der Waals surface area contributed by atoms with Crippen LogP contribution in [0.25, 0.3) is 0 Å². The van der Waals surface area contributed by atoms with Crippen LogP contribution in [-0.2, 0) is 9.63 Å². The summed E-state index contributed by atoms with van der Waals surface area (Å²) in [5.74, 6) is -1.12. The predicted molar refractivity (Wildman–Crippen MR) is 54.3 cm³/mol. The van der Waals surface area contributed by atoms with Gasteiger partial charge in [-0.25, -0.2) is 15.1 Å². The van der Waals surface area contributed by atoms with Crippen molar-refractivity contribution >= 4 is 12.0 Å². The quantitative estimate of drug-likeness (QED) is 0.620. The molecule has 2 N–H and O–H groups in total. The summed E-state index contributed by atoms with van der Waals surface area (Å²) in [7, 11) is 0. The van der Waals surface area contributed by atoms with Crippen molar-refractivity contribution in [3.05, 3.63) is 0 Å². The van der Waals surface area contributed by atoms with Gasteiger partial charge in [0.15, 0.2) is 6.61 Å². The predicted octanol–water partition coefficient (Wildman–Crippen LogP) is 0.834. The minimum Gasteiger partial charge on any atom is -0.479 e. The topological polar surface area (TPSA) is 78.9 Å². The molecule has 0 rings (SSSR count). The second kappa shape index (κ2) is 8.05. The van der Waals surface area contributed by atoms with Crippen LogP contribution in [0.5, 0.6) is 0 Å². The van der Waals surface area contributed by atoms with Gasteiger partial charge in [-0.3, -0.25) is 4.84 Å². The van der Waals surface area contributed by atoms with E-state index < -0.39 is 18.6 Å². The van der Waals surface area contributed by atoms with Crippen LogP contribution >= 0.6 is 0 Å². The Balaban J connectivity index is 3.77. The number of hydrogen-bond donors (Lipinski definition) is 2. The molecule has 0 fully saturated rings. The molecule has 0 aromatic carbocycles. The molecule has 0 aliphatic rings. The van der Waals surface area contributed by atoms with Crippen LogP contribution in [0.15, 0.2) is 0 Å². The maximum absolute atomic E-state index is 11.4. The van der Waals surface area contributed by atoms with Gasteiger partial charge in [0, 0.05) is 13.1 Å². The number of hydrogen-bond acceptors (Lipinski definition) is 3. The van der Waals surface area contributed by atoms with Crippen molar-refractivity contribution in [3.8, 4) is 0 Å². The Labute approximate surface area is 89.2 Å². The van der Waals surface area contributed by atoms with Gasteiger partial charge >= 0.3 is 12.0 Å². The van der Waals surface area contributed by atoms with E-state index in [1.807, 2.05) is 13.8 Å². The third kappa shape index (κ3) is 6.73. The van der Waals surface area contributed by atoms with Gasteiger partial charge in [-0.05, 0) is 13.3 Å². The van der Waals surface area contributed by atoms with E-state index in [-0.39, 0.29) is 0 Å². The molecule has 0 saturated heterocycles. The summed E-state index contributed by atoms with van der Waals surface area (Å²) in [4.78, 5) is 27.5. The molecule has 0 aliphatic heterocycles. The smallest absolute Gasteiger partial charge is 0.341 e. The summed E-state index contributed by atoms with van der Waals surface area (Å²) >= 11 is 0. The van der Waals surface area contributed by atoms with E-state index in [9.17, 15) is 9.59 Å². The average Bonchev–Trinajstić information content (AvgIpc) is 2.18. The summed E-state index contributed by atoms with van der Waals surface area (Å²) in [5.41, 5.74) is 2.08. The van der Waals surface area contributed by atoms with Gasteiger partial charge in [-0.15, -0.1) is 0 Å². The zero-order valence-corrected chi connectivity index (χ0v) is 9.15. The number of carbonyl (C=O) groups is 2. The molecule has 2 amide bonds. The monoisotopic (exact) mass is 218 g/mol. The molecule has 0 heterocycles. The van der Waals surface area contributed by atoms with Gasteiger partial charge in [0.1, 0.15) is 0 Å². The molecule has 15 heavy (non-hydrogen) atoms. The molecule has 0 aromatic rings. The standard InChI is InChI=1S/C9H18N2O4/c1-3-5-6-11(4-2)9(14)10-15-7-8(12)13/h3-7H2,1-2H3,(H,10,14)(H,12,13). The summed E-state index contributed by atoms with van der Waals surface area (Å²) in [5, 5.41) is 8.27.